The monoisotopic (exact) mass is 432 g/mol. The van der Waals surface area contributed by atoms with Gasteiger partial charge in [-0.25, -0.2) is 4.52 Å². The molecule has 8 heteroatoms. The second kappa shape index (κ2) is 8.70. The van der Waals surface area contributed by atoms with E-state index in [4.69, 9.17) is 4.52 Å². The minimum atomic E-state index is -0.130. The molecule has 0 saturated carbocycles. The summed E-state index contributed by atoms with van der Waals surface area (Å²) in [6, 6.07) is 8.08. The van der Waals surface area contributed by atoms with Gasteiger partial charge in [0.05, 0.1) is 18.8 Å². The third-order valence-corrected chi connectivity index (χ3v) is 6.14. The normalized spacial score (nSPS) is 15.3. The van der Waals surface area contributed by atoms with Crippen molar-refractivity contribution in [3.63, 3.8) is 0 Å². The fraction of sp³-hybridized carbons (Fsp3) is 0.417. The summed E-state index contributed by atoms with van der Waals surface area (Å²) in [7, 11) is 0. The zero-order valence-electron chi connectivity index (χ0n) is 18.6. The lowest BCUT2D eigenvalue weighted by Gasteiger charge is -2.16. The SMILES string of the molecule is Cc1ccc(-c2cc3c(=O)n(Cc4noc(CN5CCCCCC5)n4)ccn3n2)c(C)c1. The molecule has 3 aromatic heterocycles. The van der Waals surface area contributed by atoms with Crippen LogP contribution in [-0.4, -0.2) is 42.3 Å². The lowest BCUT2D eigenvalue weighted by molar-refractivity contribution is 0.233. The minimum absolute atomic E-state index is 0.130. The Bertz CT molecular complexity index is 1290. The summed E-state index contributed by atoms with van der Waals surface area (Å²) in [4.78, 5) is 20.0. The van der Waals surface area contributed by atoms with Gasteiger partial charge < -0.3 is 9.09 Å². The molecule has 8 nitrogen and oxygen atoms in total. The topological polar surface area (TPSA) is 81.5 Å². The maximum atomic E-state index is 13.1. The predicted molar refractivity (Wildman–Crippen MR) is 122 cm³/mol. The van der Waals surface area contributed by atoms with Crippen LogP contribution in [0.4, 0.5) is 0 Å². The van der Waals surface area contributed by atoms with Crippen molar-refractivity contribution in [1.29, 1.82) is 0 Å². The molecular weight excluding hydrogens is 404 g/mol. The highest BCUT2D eigenvalue weighted by Crippen LogP contribution is 2.23. The maximum absolute atomic E-state index is 13.1. The van der Waals surface area contributed by atoms with E-state index in [2.05, 4.69) is 52.2 Å². The molecule has 0 spiro atoms. The molecule has 1 aromatic carbocycles. The first-order valence-corrected chi connectivity index (χ1v) is 11.3. The summed E-state index contributed by atoms with van der Waals surface area (Å²) in [5.41, 5.74) is 4.55. The summed E-state index contributed by atoms with van der Waals surface area (Å²) in [5, 5.41) is 8.71. The maximum Gasteiger partial charge on any atom is 0.277 e. The van der Waals surface area contributed by atoms with Gasteiger partial charge in [0, 0.05) is 18.0 Å². The Morgan fingerprint density at radius 2 is 1.81 bits per heavy atom. The van der Waals surface area contributed by atoms with Crippen molar-refractivity contribution in [2.75, 3.05) is 13.1 Å². The molecule has 0 radical (unpaired) electrons. The van der Waals surface area contributed by atoms with E-state index >= 15 is 0 Å². The number of hydrogen-bond donors (Lipinski definition) is 0. The number of hydrogen-bond acceptors (Lipinski definition) is 6. The molecule has 1 aliphatic heterocycles. The highest BCUT2D eigenvalue weighted by molar-refractivity contribution is 5.68. The van der Waals surface area contributed by atoms with Crippen molar-refractivity contribution < 1.29 is 4.52 Å². The Labute approximate surface area is 186 Å². The highest BCUT2D eigenvalue weighted by Gasteiger charge is 2.16. The fourth-order valence-corrected chi connectivity index (χ4v) is 4.44. The Kier molecular flexibility index (Phi) is 5.61. The van der Waals surface area contributed by atoms with Crippen LogP contribution in [-0.2, 0) is 13.1 Å². The van der Waals surface area contributed by atoms with Crippen LogP contribution in [0.15, 0.2) is 46.0 Å². The number of fused-ring (bicyclic) bond motifs is 1. The summed E-state index contributed by atoms with van der Waals surface area (Å²) < 4.78 is 8.69. The van der Waals surface area contributed by atoms with Crippen molar-refractivity contribution in [3.05, 3.63) is 69.9 Å². The first kappa shape index (κ1) is 20.6. The van der Waals surface area contributed by atoms with E-state index in [0.29, 0.717) is 23.8 Å². The molecule has 0 aliphatic carbocycles. The van der Waals surface area contributed by atoms with Gasteiger partial charge in [-0.05, 0) is 51.4 Å². The number of aromatic nitrogens is 5. The summed E-state index contributed by atoms with van der Waals surface area (Å²) in [6.07, 6.45) is 8.52. The number of nitrogens with zero attached hydrogens (tertiary/aromatic N) is 6. The molecular formula is C24H28N6O2. The summed E-state index contributed by atoms with van der Waals surface area (Å²) in [6.45, 7) is 7.20. The van der Waals surface area contributed by atoms with E-state index in [1.807, 2.05) is 6.07 Å². The standard InChI is InChI=1S/C24H28N6O2/c1-17-7-8-19(18(2)13-17)20-14-21-24(31)29(11-12-30(21)26-20)15-22-25-23(32-27-22)16-28-9-5-3-4-6-10-28/h7-8,11-14H,3-6,9-10,15-16H2,1-2H3. The lowest BCUT2D eigenvalue weighted by atomic mass is 10.0. The van der Waals surface area contributed by atoms with E-state index in [-0.39, 0.29) is 12.1 Å². The molecule has 0 unspecified atom stereocenters. The van der Waals surface area contributed by atoms with Gasteiger partial charge in [0.2, 0.25) is 5.89 Å². The van der Waals surface area contributed by atoms with Crippen LogP contribution in [0, 0.1) is 13.8 Å². The van der Waals surface area contributed by atoms with Crippen molar-refractivity contribution in [3.8, 4) is 11.3 Å². The van der Waals surface area contributed by atoms with E-state index in [1.165, 1.54) is 31.2 Å². The molecule has 4 heterocycles. The molecule has 0 atom stereocenters. The van der Waals surface area contributed by atoms with E-state index in [9.17, 15) is 4.79 Å². The second-order valence-corrected chi connectivity index (χ2v) is 8.70. The van der Waals surface area contributed by atoms with Crippen molar-refractivity contribution in [2.45, 2.75) is 52.6 Å². The van der Waals surface area contributed by atoms with Crippen LogP contribution < -0.4 is 5.56 Å². The smallest absolute Gasteiger partial charge is 0.277 e. The summed E-state index contributed by atoms with van der Waals surface area (Å²) in [5.74, 6) is 1.12. The zero-order chi connectivity index (χ0) is 22.1. The lowest BCUT2D eigenvalue weighted by Crippen LogP contribution is -2.24. The zero-order valence-corrected chi connectivity index (χ0v) is 18.6. The van der Waals surface area contributed by atoms with Gasteiger partial charge in [0.15, 0.2) is 5.82 Å². The van der Waals surface area contributed by atoms with Crippen LogP contribution in [0.5, 0.6) is 0 Å². The van der Waals surface area contributed by atoms with Crippen molar-refractivity contribution in [2.24, 2.45) is 0 Å². The van der Waals surface area contributed by atoms with Crippen LogP contribution in [0.3, 0.4) is 0 Å². The van der Waals surface area contributed by atoms with E-state index in [0.717, 1.165) is 29.9 Å². The third-order valence-electron chi connectivity index (χ3n) is 6.14. The largest absolute Gasteiger partial charge is 0.338 e. The molecule has 1 aliphatic rings. The number of aryl methyl sites for hydroxylation is 2. The van der Waals surface area contributed by atoms with Crippen molar-refractivity contribution >= 4 is 5.52 Å². The van der Waals surface area contributed by atoms with Crippen LogP contribution in [0.1, 0.15) is 48.5 Å². The Hall–Kier alpha value is -3.26. The number of likely N-dealkylation sites (tertiary alicyclic amines) is 1. The summed E-state index contributed by atoms with van der Waals surface area (Å²) >= 11 is 0. The molecule has 32 heavy (non-hydrogen) atoms. The molecule has 5 rings (SSSR count). The number of benzene rings is 1. The van der Waals surface area contributed by atoms with Crippen LogP contribution in [0.25, 0.3) is 16.8 Å². The second-order valence-electron chi connectivity index (χ2n) is 8.70. The van der Waals surface area contributed by atoms with E-state index in [1.54, 1.807) is 21.5 Å². The van der Waals surface area contributed by atoms with Crippen LogP contribution in [0.2, 0.25) is 0 Å². The van der Waals surface area contributed by atoms with Crippen LogP contribution >= 0.6 is 0 Å². The van der Waals surface area contributed by atoms with Gasteiger partial charge in [0.25, 0.3) is 5.56 Å². The first-order valence-electron chi connectivity index (χ1n) is 11.3. The number of rotatable bonds is 5. The van der Waals surface area contributed by atoms with Gasteiger partial charge in [-0.3, -0.25) is 9.69 Å². The van der Waals surface area contributed by atoms with Gasteiger partial charge in [-0.15, -0.1) is 0 Å². The molecule has 4 aromatic rings. The van der Waals surface area contributed by atoms with Gasteiger partial charge in [0.1, 0.15) is 5.52 Å². The Balaban J connectivity index is 1.36. The van der Waals surface area contributed by atoms with Gasteiger partial charge in [-0.2, -0.15) is 10.1 Å². The van der Waals surface area contributed by atoms with Gasteiger partial charge in [-0.1, -0.05) is 41.8 Å². The highest BCUT2D eigenvalue weighted by atomic mass is 16.5. The third kappa shape index (κ3) is 4.23. The quantitative estimate of drug-likeness (QED) is 0.479. The molecule has 166 valence electrons. The molecule has 0 N–H and O–H groups in total. The Morgan fingerprint density at radius 1 is 1.00 bits per heavy atom. The predicted octanol–water partition coefficient (Wildman–Crippen LogP) is 3.59. The van der Waals surface area contributed by atoms with Gasteiger partial charge >= 0.3 is 0 Å². The molecule has 0 amide bonds. The molecule has 1 fully saturated rings. The fourth-order valence-electron chi connectivity index (χ4n) is 4.44. The average molecular weight is 433 g/mol. The minimum Gasteiger partial charge on any atom is -0.338 e. The van der Waals surface area contributed by atoms with Crippen molar-refractivity contribution in [1.82, 2.24) is 29.2 Å². The average Bonchev–Trinajstić information content (AvgIpc) is 3.31. The Morgan fingerprint density at radius 3 is 2.59 bits per heavy atom. The molecule has 0 bridgehead atoms. The first-order chi connectivity index (χ1) is 15.6. The molecule has 1 saturated heterocycles. The van der Waals surface area contributed by atoms with E-state index < -0.39 is 0 Å².